The zero-order valence-electron chi connectivity index (χ0n) is 13.6. The van der Waals surface area contributed by atoms with Crippen LogP contribution >= 0.6 is 23.2 Å². The Morgan fingerprint density at radius 3 is 2.38 bits per heavy atom. The molecule has 1 saturated carbocycles. The molecule has 2 fully saturated rings. The van der Waals surface area contributed by atoms with Crippen LogP contribution in [0, 0.1) is 5.41 Å². The lowest BCUT2D eigenvalue weighted by Gasteiger charge is -2.35. The number of halogens is 2. The van der Waals surface area contributed by atoms with Crippen molar-refractivity contribution in [3.63, 3.8) is 0 Å². The molecule has 2 amide bonds. The van der Waals surface area contributed by atoms with Gasteiger partial charge in [-0.2, -0.15) is 0 Å². The summed E-state index contributed by atoms with van der Waals surface area (Å²) in [4.78, 5) is 29.6. The second-order valence-electron chi connectivity index (χ2n) is 6.39. The Balaban J connectivity index is 1.67. The number of rotatable bonds is 4. The number of carbonyl (C=O) groups excluding carboxylic acids is 2. The Labute approximate surface area is 151 Å². The molecule has 0 unspecified atom stereocenters. The molecule has 0 radical (unpaired) electrons. The van der Waals surface area contributed by atoms with Crippen LogP contribution in [0.5, 0.6) is 0 Å². The van der Waals surface area contributed by atoms with Crippen LogP contribution in [0.25, 0.3) is 0 Å². The van der Waals surface area contributed by atoms with Crippen molar-refractivity contribution in [3.05, 3.63) is 28.2 Å². The third-order valence-electron chi connectivity index (χ3n) is 4.88. The molecule has 0 atom stereocenters. The van der Waals surface area contributed by atoms with Crippen molar-refractivity contribution in [1.29, 1.82) is 0 Å². The van der Waals surface area contributed by atoms with E-state index in [0.717, 1.165) is 19.6 Å². The van der Waals surface area contributed by atoms with E-state index in [1.807, 2.05) is 4.90 Å². The highest BCUT2D eigenvalue weighted by Crippen LogP contribution is 2.48. The maximum absolute atomic E-state index is 12.8. The van der Waals surface area contributed by atoms with Crippen molar-refractivity contribution in [3.8, 4) is 0 Å². The Bertz CT molecular complexity index is 653. The van der Waals surface area contributed by atoms with Gasteiger partial charge < -0.3 is 15.1 Å². The van der Waals surface area contributed by atoms with E-state index < -0.39 is 5.41 Å². The Kier molecular flexibility index (Phi) is 5.04. The number of nitrogens with zero attached hydrogens (tertiary/aromatic N) is 2. The van der Waals surface area contributed by atoms with Gasteiger partial charge in [0, 0.05) is 31.2 Å². The van der Waals surface area contributed by atoms with Gasteiger partial charge in [0.25, 0.3) is 0 Å². The van der Waals surface area contributed by atoms with Crippen LogP contribution < -0.4 is 5.32 Å². The number of hydrogen-bond donors (Lipinski definition) is 1. The molecule has 5 nitrogen and oxygen atoms in total. The summed E-state index contributed by atoms with van der Waals surface area (Å²) >= 11 is 12.0. The Morgan fingerprint density at radius 1 is 1.17 bits per heavy atom. The molecular weight excluding hydrogens is 349 g/mol. The first-order chi connectivity index (χ1) is 11.5. The van der Waals surface area contributed by atoms with Gasteiger partial charge in [0.2, 0.25) is 11.8 Å². The fourth-order valence-electron chi connectivity index (χ4n) is 3.07. The molecule has 1 aromatic rings. The molecule has 1 aliphatic carbocycles. The fraction of sp³-hybridized carbons (Fsp3) is 0.529. The van der Waals surface area contributed by atoms with Crippen molar-refractivity contribution in [2.24, 2.45) is 5.41 Å². The first kappa shape index (κ1) is 17.5. The number of piperazine rings is 1. The van der Waals surface area contributed by atoms with Crippen LogP contribution in [-0.2, 0) is 9.59 Å². The van der Waals surface area contributed by atoms with Crippen molar-refractivity contribution in [2.45, 2.75) is 19.8 Å². The van der Waals surface area contributed by atoms with Gasteiger partial charge in [-0.25, -0.2) is 0 Å². The van der Waals surface area contributed by atoms with E-state index in [-0.39, 0.29) is 11.8 Å². The molecule has 1 aromatic carbocycles. The number of hydrogen-bond acceptors (Lipinski definition) is 3. The molecule has 1 saturated heterocycles. The highest BCUT2D eigenvalue weighted by Gasteiger charge is 2.58. The number of anilines is 1. The number of benzene rings is 1. The van der Waals surface area contributed by atoms with E-state index in [0.29, 0.717) is 41.7 Å². The van der Waals surface area contributed by atoms with Crippen LogP contribution in [0.2, 0.25) is 10.0 Å². The molecule has 2 aliphatic rings. The summed E-state index contributed by atoms with van der Waals surface area (Å²) in [5, 5.41) is 3.67. The molecule has 1 heterocycles. The van der Waals surface area contributed by atoms with E-state index >= 15 is 0 Å². The van der Waals surface area contributed by atoms with Gasteiger partial charge >= 0.3 is 0 Å². The highest BCUT2D eigenvalue weighted by atomic mass is 35.5. The number of nitrogens with one attached hydrogen (secondary N) is 1. The van der Waals surface area contributed by atoms with Gasteiger partial charge in [0.15, 0.2) is 0 Å². The number of likely N-dealkylation sites (N-methyl/N-ethyl adjacent to an activating group) is 1. The van der Waals surface area contributed by atoms with E-state index in [2.05, 4.69) is 17.1 Å². The van der Waals surface area contributed by atoms with E-state index in [1.165, 1.54) is 0 Å². The lowest BCUT2D eigenvalue weighted by molar-refractivity contribution is -0.143. The molecule has 0 spiro atoms. The molecule has 130 valence electrons. The highest BCUT2D eigenvalue weighted by molar-refractivity contribution is 6.36. The lowest BCUT2D eigenvalue weighted by atomic mass is 10.0. The minimum atomic E-state index is -0.919. The minimum Gasteiger partial charge on any atom is -0.339 e. The van der Waals surface area contributed by atoms with Crippen molar-refractivity contribution in [2.75, 3.05) is 38.0 Å². The second-order valence-corrected chi connectivity index (χ2v) is 7.23. The van der Waals surface area contributed by atoms with E-state index in [9.17, 15) is 9.59 Å². The summed E-state index contributed by atoms with van der Waals surface area (Å²) in [7, 11) is 0. The number of carbonyl (C=O) groups is 2. The van der Waals surface area contributed by atoms with Crippen LogP contribution in [0.3, 0.4) is 0 Å². The monoisotopic (exact) mass is 369 g/mol. The average Bonchev–Trinajstić information content (AvgIpc) is 3.38. The fourth-order valence-corrected chi connectivity index (χ4v) is 3.52. The normalized spacial score (nSPS) is 19.9. The topological polar surface area (TPSA) is 52.7 Å². The summed E-state index contributed by atoms with van der Waals surface area (Å²) in [6, 6.07) is 4.89. The van der Waals surface area contributed by atoms with Gasteiger partial charge in [-0.1, -0.05) is 30.1 Å². The molecule has 24 heavy (non-hydrogen) atoms. The van der Waals surface area contributed by atoms with Gasteiger partial charge in [-0.05, 0) is 37.6 Å². The average molecular weight is 370 g/mol. The summed E-state index contributed by atoms with van der Waals surface area (Å²) < 4.78 is 0. The van der Waals surface area contributed by atoms with E-state index in [4.69, 9.17) is 23.2 Å². The maximum atomic E-state index is 12.8. The second kappa shape index (κ2) is 6.90. The van der Waals surface area contributed by atoms with Gasteiger partial charge in [0.1, 0.15) is 5.41 Å². The molecular formula is C17H21Cl2N3O2. The summed E-state index contributed by atoms with van der Waals surface area (Å²) in [5.41, 5.74) is -0.432. The molecule has 1 N–H and O–H groups in total. The van der Waals surface area contributed by atoms with Crippen molar-refractivity contribution >= 4 is 40.7 Å². The quantitative estimate of drug-likeness (QED) is 0.830. The largest absolute Gasteiger partial charge is 0.339 e. The molecule has 0 bridgehead atoms. The van der Waals surface area contributed by atoms with E-state index in [1.54, 1.807) is 18.2 Å². The summed E-state index contributed by atoms with van der Waals surface area (Å²) in [6.45, 7) is 6.20. The zero-order chi connectivity index (χ0) is 17.3. The van der Waals surface area contributed by atoms with Gasteiger partial charge in [0.05, 0.1) is 10.7 Å². The maximum Gasteiger partial charge on any atom is 0.240 e. The van der Waals surface area contributed by atoms with Crippen molar-refractivity contribution < 1.29 is 9.59 Å². The summed E-state index contributed by atoms with van der Waals surface area (Å²) in [5.74, 6) is -0.324. The minimum absolute atomic E-state index is 0.0548. The van der Waals surface area contributed by atoms with Crippen LogP contribution in [-0.4, -0.2) is 54.3 Å². The third-order valence-corrected chi connectivity index (χ3v) is 5.43. The molecule has 3 rings (SSSR count). The van der Waals surface area contributed by atoms with Crippen LogP contribution in [0.4, 0.5) is 5.69 Å². The smallest absolute Gasteiger partial charge is 0.240 e. The van der Waals surface area contributed by atoms with Gasteiger partial charge in [-0.3, -0.25) is 9.59 Å². The lowest BCUT2D eigenvalue weighted by Crippen LogP contribution is -2.52. The standard InChI is InChI=1S/C17H21Cl2N3O2/c1-2-21-7-9-22(10-8-21)16(24)17(5-6-17)15(23)20-14-4-3-12(18)11-13(14)19/h3-4,11H,2,5-10H2,1H3,(H,20,23). The Morgan fingerprint density at radius 2 is 1.83 bits per heavy atom. The predicted octanol–water partition coefficient (Wildman–Crippen LogP) is 2.88. The van der Waals surface area contributed by atoms with Crippen molar-refractivity contribution in [1.82, 2.24) is 9.80 Å². The summed E-state index contributed by atoms with van der Waals surface area (Å²) in [6.07, 6.45) is 1.19. The van der Waals surface area contributed by atoms with Crippen LogP contribution in [0.1, 0.15) is 19.8 Å². The molecule has 1 aliphatic heterocycles. The number of amides is 2. The SMILES string of the molecule is CCN1CCN(C(=O)C2(C(=O)Nc3ccc(Cl)cc3Cl)CC2)CC1. The molecule has 0 aromatic heterocycles. The first-order valence-corrected chi connectivity index (χ1v) is 9.00. The van der Waals surface area contributed by atoms with Gasteiger partial charge in [-0.15, -0.1) is 0 Å². The predicted molar refractivity (Wildman–Crippen MR) is 95.5 cm³/mol. The van der Waals surface area contributed by atoms with Crippen LogP contribution in [0.15, 0.2) is 18.2 Å². The zero-order valence-corrected chi connectivity index (χ0v) is 15.2. The third kappa shape index (κ3) is 3.39. The Hall–Kier alpha value is -1.30. The molecule has 7 heteroatoms. The first-order valence-electron chi connectivity index (χ1n) is 8.24.